The quantitative estimate of drug-likeness (QED) is 0.835. The molecular weight excluding hydrogens is 271 g/mol. The molecule has 1 atom stereocenters. The third-order valence-corrected chi connectivity index (χ3v) is 3.46. The first-order chi connectivity index (χ1) is 9.43. The lowest BCUT2D eigenvalue weighted by molar-refractivity contribution is -0.183. The summed E-state index contributed by atoms with van der Waals surface area (Å²) in [4.78, 5) is 13.2. The molecule has 1 aliphatic rings. The molecule has 0 aliphatic carbocycles. The summed E-state index contributed by atoms with van der Waals surface area (Å²) in [6.07, 6.45) is -3.32. The molecule has 2 rings (SSSR count). The Morgan fingerprint density at radius 1 is 1.35 bits per heavy atom. The van der Waals surface area contributed by atoms with Crippen LogP contribution in [0.15, 0.2) is 24.3 Å². The minimum atomic E-state index is -4.38. The molecule has 1 aliphatic heterocycles. The van der Waals surface area contributed by atoms with Gasteiger partial charge in [0.05, 0.1) is 7.11 Å². The highest BCUT2D eigenvalue weighted by atomic mass is 19.4. The average Bonchev–Trinajstić information content (AvgIpc) is 2.45. The fourth-order valence-corrected chi connectivity index (χ4v) is 2.44. The van der Waals surface area contributed by atoms with Crippen molar-refractivity contribution in [3.8, 4) is 5.75 Å². The molecule has 1 heterocycles. The predicted molar refractivity (Wildman–Crippen MR) is 67.7 cm³/mol. The van der Waals surface area contributed by atoms with Crippen LogP contribution in [0, 0.1) is 0 Å². The molecule has 0 radical (unpaired) electrons. The van der Waals surface area contributed by atoms with Gasteiger partial charge < -0.3 is 9.64 Å². The van der Waals surface area contributed by atoms with Gasteiger partial charge in [0.2, 0.25) is 0 Å². The summed E-state index contributed by atoms with van der Waals surface area (Å²) in [5, 5.41) is 0. The molecule has 1 aromatic carbocycles. The maximum Gasteiger partial charge on any atom is 0.408 e. The Labute approximate surface area is 115 Å². The summed E-state index contributed by atoms with van der Waals surface area (Å²) < 4.78 is 44.0. The molecule has 6 heteroatoms. The van der Waals surface area contributed by atoms with Gasteiger partial charge in [0, 0.05) is 12.1 Å². The van der Waals surface area contributed by atoms with E-state index in [1.54, 1.807) is 12.1 Å². The monoisotopic (exact) mass is 287 g/mol. The van der Waals surface area contributed by atoms with Crippen molar-refractivity contribution < 1.29 is 22.7 Å². The van der Waals surface area contributed by atoms with Crippen LogP contribution in [0.25, 0.3) is 0 Å². The molecule has 1 fully saturated rings. The number of piperidine rings is 1. The van der Waals surface area contributed by atoms with Crippen LogP contribution in [0.5, 0.6) is 5.75 Å². The van der Waals surface area contributed by atoms with E-state index in [0.29, 0.717) is 18.6 Å². The number of carbonyl (C=O) groups excluding carboxylic acids is 1. The number of halogens is 3. The summed E-state index contributed by atoms with van der Waals surface area (Å²) in [6.45, 7) is 0.139. The molecule has 1 unspecified atom stereocenters. The van der Waals surface area contributed by atoms with E-state index in [1.165, 1.54) is 19.2 Å². The Morgan fingerprint density at radius 2 is 2.10 bits per heavy atom. The highest BCUT2D eigenvalue weighted by molar-refractivity contribution is 5.95. The number of amides is 1. The topological polar surface area (TPSA) is 29.5 Å². The molecule has 0 N–H and O–H groups in total. The first-order valence-corrected chi connectivity index (χ1v) is 6.45. The van der Waals surface area contributed by atoms with Crippen molar-refractivity contribution in [3.63, 3.8) is 0 Å². The maximum atomic E-state index is 13.0. The minimum Gasteiger partial charge on any atom is -0.497 e. The summed E-state index contributed by atoms with van der Waals surface area (Å²) in [5.41, 5.74) is 0.223. The predicted octanol–water partition coefficient (Wildman–Crippen LogP) is 3.25. The van der Waals surface area contributed by atoms with Gasteiger partial charge in [-0.05, 0) is 37.5 Å². The molecule has 0 saturated carbocycles. The smallest absolute Gasteiger partial charge is 0.408 e. The zero-order chi connectivity index (χ0) is 14.8. The summed E-state index contributed by atoms with van der Waals surface area (Å²) in [5.74, 6) is -0.137. The van der Waals surface area contributed by atoms with Crippen molar-refractivity contribution in [2.24, 2.45) is 0 Å². The number of carbonyl (C=O) groups is 1. The molecular formula is C14H16F3NO2. The molecule has 1 saturated heterocycles. The van der Waals surface area contributed by atoms with Gasteiger partial charge in [-0.3, -0.25) is 4.79 Å². The zero-order valence-corrected chi connectivity index (χ0v) is 11.1. The van der Waals surface area contributed by atoms with Gasteiger partial charge in [0.1, 0.15) is 11.8 Å². The Kier molecular flexibility index (Phi) is 4.20. The number of rotatable bonds is 2. The van der Waals surface area contributed by atoms with Crippen molar-refractivity contribution in [3.05, 3.63) is 29.8 Å². The van der Waals surface area contributed by atoms with Crippen LogP contribution in [-0.4, -0.2) is 36.7 Å². The molecule has 0 spiro atoms. The number of ether oxygens (including phenoxy) is 1. The van der Waals surface area contributed by atoms with E-state index in [1.807, 2.05) is 0 Å². The standard InChI is InChI=1S/C14H16F3NO2/c1-20-11-6-4-5-10(9-11)13(19)18-8-3-2-7-12(18)14(15,16)17/h4-6,9,12H,2-3,7-8H2,1H3. The van der Waals surface area contributed by atoms with Gasteiger partial charge in [-0.2, -0.15) is 13.2 Å². The third-order valence-electron chi connectivity index (χ3n) is 3.46. The molecule has 1 aromatic rings. The van der Waals surface area contributed by atoms with E-state index in [4.69, 9.17) is 4.74 Å². The second-order valence-electron chi connectivity index (χ2n) is 4.78. The fraction of sp³-hybridized carbons (Fsp3) is 0.500. The Morgan fingerprint density at radius 3 is 2.75 bits per heavy atom. The normalized spacial score (nSPS) is 19.8. The number of hydrogen-bond acceptors (Lipinski definition) is 2. The SMILES string of the molecule is COc1cccc(C(=O)N2CCCCC2C(F)(F)F)c1. The largest absolute Gasteiger partial charge is 0.497 e. The van der Waals surface area contributed by atoms with Crippen LogP contribution in [0.4, 0.5) is 13.2 Å². The van der Waals surface area contributed by atoms with E-state index in [2.05, 4.69) is 0 Å². The van der Waals surface area contributed by atoms with Crippen LogP contribution < -0.4 is 4.74 Å². The molecule has 1 amide bonds. The Balaban J connectivity index is 2.25. The van der Waals surface area contributed by atoms with Crippen molar-refractivity contribution in [2.75, 3.05) is 13.7 Å². The van der Waals surface area contributed by atoms with E-state index in [0.717, 1.165) is 4.90 Å². The number of nitrogens with zero attached hydrogens (tertiary/aromatic N) is 1. The number of hydrogen-bond donors (Lipinski definition) is 0. The highest BCUT2D eigenvalue weighted by Gasteiger charge is 2.46. The lowest BCUT2D eigenvalue weighted by Crippen LogP contribution is -2.51. The van der Waals surface area contributed by atoms with Crippen LogP contribution in [0.3, 0.4) is 0 Å². The number of benzene rings is 1. The molecule has 0 aromatic heterocycles. The molecule has 3 nitrogen and oxygen atoms in total. The Hall–Kier alpha value is -1.72. The van der Waals surface area contributed by atoms with E-state index in [9.17, 15) is 18.0 Å². The average molecular weight is 287 g/mol. The summed E-state index contributed by atoms with van der Waals surface area (Å²) in [6, 6.07) is 4.53. The van der Waals surface area contributed by atoms with Gasteiger partial charge in [0.25, 0.3) is 5.91 Å². The van der Waals surface area contributed by atoms with Crippen LogP contribution >= 0.6 is 0 Å². The molecule has 110 valence electrons. The van der Waals surface area contributed by atoms with E-state index in [-0.39, 0.29) is 18.5 Å². The van der Waals surface area contributed by atoms with Gasteiger partial charge in [-0.25, -0.2) is 0 Å². The number of likely N-dealkylation sites (tertiary alicyclic amines) is 1. The fourth-order valence-electron chi connectivity index (χ4n) is 2.44. The second-order valence-corrected chi connectivity index (χ2v) is 4.78. The molecule has 20 heavy (non-hydrogen) atoms. The van der Waals surface area contributed by atoms with Gasteiger partial charge in [-0.15, -0.1) is 0 Å². The first kappa shape index (κ1) is 14.7. The third kappa shape index (κ3) is 3.05. The van der Waals surface area contributed by atoms with Crippen molar-refractivity contribution >= 4 is 5.91 Å². The first-order valence-electron chi connectivity index (χ1n) is 6.45. The van der Waals surface area contributed by atoms with Crippen LogP contribution in [0.2, 0.25) is 0 Å². The maximum absolute atomic E-state index is 13.0. The Bertz CT molecular complexity index is 488. The van der Waals surface area contributed by atoms with Crippen molar-refractivity contribution in [1.29, 1.82) is 0 Å². The van der Waals surface area contributed by atoms with Gasteiger partial charge >= 0.3 is 6.18 Å². The summed E-state index contributed by atoms with van der Waals surface area (Å²) >= 11 is 0. The minimum absolute atomic E-state index is 0.0286. The van der Waals surface area contributed by atoms with Gasteiger partial charge in [0.15, 0.2) is 0 Å². The van der Waals surface area contributed by atoms with Gasteiger partial charge in [-0.1, -0.05) is 6.07 Å². The lowest BCUT2D eigenvalue weighted by Gasteiger charge is -2.36. The summed E-state index contributed by atoms with van der Waals surface area (Å²) in [7, 11) is 1.45. The zero-order valence-electron chi connectivity index (χ0n) is 11.1. The highest BCUT2D eigenvalue weighted by Crippen LogP contribution is 2.33. The van der Waals surface area contributed by atoms with Crippen molar-refractivity contribution in [2.45, 2.75) is 31.5 Å². The second kappa shape index (κ2) is 5.73. The van der Waals surface area contributed by atoms with E-state index >= 15 is 0 Å². The lowest BCUT2D eigenvalue weighted by atomic mass is 10.0. The number of alkyl halides is 3. The van der Waals surface area contributed by atoms with E-state index < -0.39 is 18.1 Å². The number of methoxy groups -OCH3 is 1. The molecule has 0 bridgehead atoms. The van der Waals surface area contributed by atoms with Crippen LogP contribution in [-0.2, 0) is 0 Å². The van der Waals surface area contributed by atoms with Crippen LogP contribution in [0.1, 0.15) is 29.6 Å². The van der Waals surface area contributed by atoms with Crippen molar-refractivity contribution in [1.82, 2.24) is 4.90 Å².